The summed E-state index contributed by atoms with van der Waals surface area (Å²) in [6.45, 7) is 2.86. The zero-order chi connectivity index (χ0) is 14.5. The van der Waals surface area contributed by atoms with E-state index in [-0.39, 0.29) is 6.04 Å². The normalized spacial score (nSPS) is 19.9. The fraction of sp³-hybridized carbons (Fsp3) is 0.625. The lowest BCUT2D eigenvalue weighted by Gasteiger charge is -2.18. The molecule has 1 fully saturated rings. The van der Waals surface area contributed by atoms with Crippen molar-refractivity contribution >= 4 is 0 Å². The molecule has 2 N–H and O–H groups in total. The Bertz CT molecular complexity index is 440. The topological polar surface area (TPSA) is 53.7 Å². The first kappa shape index (κ1) is 15.1. The maximum Gasteiger partial charge on any atom is 0.122 e. The summed E-state index contributed by atoms with van der Waals surface area (Å²) in [4.78, 5) is 0. The van der Waals surface area contributed by atoms with Gasteiger partial charge in [-0.15, -0.1) is 0 Å². The minimum Gasteiger partial charge on any atom is -0.496 e. The molecule has 1 aliphatic rings. The molecule has 0 aromatic heterocycles. The third-order valence-electron chi connectivity index (χ3n) is 3.70. The highest BCUT2D eigenvalue weighted by Crippen LogP contribution is 2.32. The molecular weight excluding hydrogens is 254 g/mol. The van der Waals surface area contributed by atoms with Gasteiger partial charge in [0.05, 0.1) is 20.3 Å². The van der Waals surface area contributed by atoms with E-state index in [1.165, 1.54) is 0 Å². The second-order valence-electron chi connectivity index (χ2n) is 5.50. The quantitative estimate of drug-likeness (QED) is 0.868. The number of nitrogens with two attached hydrogens (primary N) is 1. The maximum atomic E-state index is 5.89. The van der Waals surface area contributed by atoms with Gasteiger partial charge in [0.15, 0.2) is 0 Å². The lowest BCUT2D eigenvalue weighted by atomic mass is 9.99. The van der Waals surface area contributed by atoms with Crippen LogP contribution >= 0.6 is 0 Å². The molecule has 4 nitrogen and oxygen atoms in total. The molecule has 2 rings (SSSR count). The van der Waals surface area contributed by atoms with E-state index in [0.717, 1.165) is 54.9 Å². The van der Waals surface area contributed by atoms with Crippen LogP contribution < -0.4 is 15.2 Å². The molecule has 4 heteroatoms. The predicted molar refractivity (Wildman–Crippen MR) is 79.6 cm³/mol. The average molecular weight is 279 g/mol. The summed E-state index contributed by atoms with van der Waals surface area (Å²) in [5.41, 5.74) is 8.13. The van der Waals surface area contributed by atoms with E-state index in [4.69, 9.17) is 19.9 Å². The highest BCUT2D eigenvalue weighted by molar-refractivity contribution is 5.47. The first-order valence-electron chi connectivity index (χ1n) is 7.25. The molecular formula is C16H25NO3. The molecule has 20 heavy (non-hydrogen) atoms. The number of methoxy groups -OCH3 is 2. The van der Waals surface area contributed by atoms with Crippen LogP contribution in [0.1, 0.15) is 30.9 Å². The van der Waals surface area contributed by atoms with Crippen molar-refractivity contribution in [2.24, 2.45) is 5.73 Å². The first-order valence-corrected chi connectivity index (χ1v) is 7.25. The fourth-order valence-electron chi connectivity index (χ4n) is 2.74. The Labute approximate surface area is 121 Å². The molecule has 1 saturated heterocycles. The Morgan fingerprint density at radius 1 is 1.25 bits per heavy atom. The van der Waals surface area contributed by atoms with Gasteiger partial charge in [0.25, 0.3) is 0 Å². The number of rotatable bonds is 6. The van der Waals surface area contributed by atoms with Gasteiger partial charge in [-0.2, -0.15) is 0 Å². The second kappa shape index (κ2) is 6.95. The molecule has 1 aromatic rings. The molecule has 0 spiro atoms. The zero-order valence-corrected chi connectivity index (χ0v) is 12.6. The van der Waals surface area contributed by atoms with Crippen LogP contribution in [-0.4, -0.2) is 33.0 Å². The Balaban J connectivity index is 2.25. The summed E-state index contributed by atoms with van der Waals surface area (Å²) >= 11 is 0. The van der Waals surface area contributed by atoms with Gasteiger partial charge in [-0.3, -0.25) is 0 Å². The van der Waals surface area contributed by atoms with Gasteiger partial charge in [0.1, 0.15) is 11.5 Å². The lowest BCUT2D eigenvalue weighted by Crippen LogP contribution is -2.18. The van der Waals surface area contributed by atoms with Crippen molar-refractivity contribution in [3.63, 3.8) is 0 Å². The van der Waals surface area contributed by atoms with Gasteiger partial charge in [-0.05, 0) is 43.9 Å². The predicted octanol–water partition coefficient (Wildman–Crippen LogP) is 2.31. The molecule has 0 saturated carbocycles. The Morgan fingerprint density at radius 3 is 2.45 bits per heavy atom. The van der Waals surface area contributed by atoms with E-state index in [1.807, 2.05) is 13.0 Å². The first-order chi connectivity index (χ1) is 9.63. The molecule has 0 bridgehead atoms. The highest BCUT2D eigenvalue weighted by Gasteiger charge is 2.20. The molecule has 112 valence electrons. The summed E-state index contributed by atoms with van der Waals surface area (Å²) in [7, 11) is 3.40. The number of hydrogen-bond donors (Lipinski definition) is 1. The average Bonchev–Trinajstić information content (AvgIpc) is 2.92. The van der Waals surface area contributed by atoms with Crippen LogP contribution in [0.3, 0.4) is 0 Å². The third-order valence-corrected chi connectivity index (χ3v) is 3.70. The summed E-state index contributed by atoms with van der Waals surface area (Å²) in [5, 5.41) is 0. The van der Waals surface area contributed by atoms with Gasteiger partial charge < -0.3 is 19.9 Å². The van der Waals surface area contributed by atoms with E-state index in [1.54, 1.807) is 14.2 Å². The number of benzene rings is 1. The minimum absolute atomic E-state index is 0.0950. The number of ether oxygens (including phenoxy) is 3. The van der Waals surface area contributed by atoms with Crippen LogP contribution in [0, 0.1) is 0 Å². The van der Waals surface area contributed by atoms with E-state index < -0.39 is 0 Å². The fourth-order valence-corrected chi connectivity index (χ4v) is 2.74. The Hall–Kier alpha value is -1.26. The van der Waals surface area contributed by atoms with E-state index in [0.29, 0.717) is 6.10 Å². The van der Waals surface area contributed by atoms with Crippen molar-refractivity contribution < 1.29 is 14.2 Å². The standard InChI is InChI=1S/C16H25NO3/c1-11(17)7-12-9-16(19-3)13(10-15(12)18-2)8-14-5-4-6-20-14/h9-11,14H,4-8,17H2,1-3H3. The van der Waals surface area contributed by atoms with Crippen LogP contribution in [0.2, 0.25) is 0 Å². The largest absolute Gasteiger partial charge is 0.496 e. The van der Waals surface area contributed by atoms with Crippen molar-refractivity contribution in [3.8, 4) is 11.5 Å². The van der Waals surface area contributed by atoms with Crippen molar-refractivity contribution in [1.82, 2.24) is 0 Å². The number of hydrogen-bond acceptors (Lipinski definition) is 4. The van der Waals surface area contributed by atoms with Gasteiger partial charge in [0.2, 0.25) is 0 Å². The molecule has 1 heterocycles. The summed E-state index contributed by atoms with van der Waals surface area (Å²) < 4.78 is 16.7. The lowest BCUT2D eigenvalue weighted by molar-refractivity contribution is 0.111. The molecule has 0 radical (unpaired) electrons. The minimum atomic E-state index is 0.0950. The van der Waals surface area contributed by atoms with Crippen LogP contribution in [0.25, 0.3) is 0 Å². The monoisotopic (exact) mass is 279 g/mol. The Morgan fingerprint density at radius 2 is 1.90 bits per heavy atom. The Kier molecular flexibility index (Phi) is 5.26. The smallest absolute Gasteiger partial charge is 0.122 e. The molecule has 2 atom stereocenters. The van der Waals surface area contributed by atoms with Crippen LogP contribution in [0.5, 0.6) is 11.5 Å². The van der Waals surface area contributed by atoms with Gasteiger partial charge in [0, 0.05) is 24.6 Å². The summed E-state index contributed by atoms with van der Waals surface area (Å²) in [5.74, 6) is 1.79. The summed E-state index contributed by atoms with van der Waals surface area (Å²) in [6.07, 6.45) is 4.21. The molecule has 1 aromatic carbocycles. The molecule has 1 aliphatic heterocycles. The van der Waals surface area contributed by atoms with Gasteiger partial charge in [-0.25, -0.2) is 0 Å². The third kappa shape index (κ3) is 3.64. The molecule has 2 unspecified atom stereocenters. The van der Waals surface area contributed by atoms with Crippen LogP contribution in [0.4, 0.5) is 0 Å². The zero-order valence-electron chi connectivity index (χ0n) is 12.6. The van der Waals surface area contributed by atoms with Crippen molar-refractivity contribution in [1.29, 1.82) is 0 Å². The SMILES string of the molecule is COc1cc(CC2CCCO2)c(OC)cc1CC(C)N. The maximum absolute atomic E-state index is 5.89. The molecule has 0 amide bonds. The van der Waals surface area contributed by atoms with Crippen LogP contribution in [0.15, 0.2) is 12.1 Å². The molecule has 0 aliphatic carbocycles. The van der Waals surface area contributed by atoms with E-state index in [2.05, 4.69) is 6.07 Å². The van der Waals surface area contributed by atoms with Crippen molar-refractivity contribution in [2.75, 3.05) is 20.8 Å². The van der Waals surface area contributed by atoms with Crippen molar-refractivity contribution in [2.45, 2.75) is 44.8 Å². The van der Waals surface area contributed by atoms with Crippen molar-refractivity contribution in [3.05, 3.63) is 23.3 Å². The van der Waals surface area contributed by atoms with Gasteiger partial charge in [-0.1, -0.05) is 0 Å². The van der Waals surface area contributed by atoms with Crippen LogP contribution in [-0.2, 0) is 17.6 Å². The van der Waals surface area contributed by atoms with E-state index in [9.17, 15) is 0 Å². The highest BCUT2D eigenvalue weighted by atomic mass is 16.5. The summed E-state index contributed by atoms with van der Waals surface area (Å²) in [6, 6.07) is 4.21. The van der Waals surface area contributed by atoms with Gasteiger partial charge >= 0.3 is 0 Å². The second-order valence-corrected chi connectivity index (χ2v) is 5.50. The van der Waals surface area contributed by atoms with E-state index >= 15 is 0 Å².